The Morgan fingerprint density at radius 2 is 1.81 bits per heavy atom. The lowest BCUT2D eigenvalue weighted by atomic mass is 10.1. The summed E-state index contributed by atoms with van der Waals surface area (Å²) in [6.45, 7) is 1.94. The molecule has 27 heavy (non-hydrogen) atoms. The summed E-state index contributed by atoms with van der Waals surface area (Å²) < 4.78 is 13.6. The van der Waals surface area contributed by atoms with E-state index in [-0.39, 0.29) is 11.7 Å². The number of rotatable bonds is 7. The standard InChI is InChI=1S/C19H19FN6O/c1-13(27)23-15-6-8-16(9-7-15)24-18-12-22-26-19(25-18)21-11-10-14-4-2-3-5-17(14)20/h2-9,12H,10-11H2,1H3,(H,23,27)(H2,21,24,25,26). The van der Waals surface area contributed by atoms with Gasteiger partial charge in [-0.05, 0) is 42.3 Å². The molecule has 138 valence electrons. The van der Waals surface area contributed by atoms with Crippen LogP contribution in [-0.2, 0) is 11.2 Å². The molecule has 0 saturated heterocycles. The number of carbonyl (C=O) groups excluding carboxylic acids is 1. The van der Waals surface area contributed by atoms with Crippen LogP contribution in [0.5, 0.6) is 0 Å². The third-order valence-electron chi connectivity index (χ3n) is 3.67. The summed E-state index contributed by atoms with van der Waals surface area (Å²) in [6.07, 6.45) is 2.02. The SMILES string of the molecule is CC(=O)Nc1ccc(Nc2cnnc(NCCc3ccccc3F)n2)cc1. The number of anilines is 4. The molecule has 0 aliphatic heterocycles. The molecule has 0 spiro atoms. The van der Waals surface area contributed by atoms with Crippen LogP contribution in [0, 0.1) is 5.82 Å². The van der Waals surface area contributed by atoms with Crippen LogP contribution < -0.4 is 16.0 Å². The van der Waals surface area contributed by atoms with Crippen LogP contribution in [-0.4, -0.2) is 27.6 Å². The molecule has 1 heterocycles. The predicted molar refractivity (Wildman–Crippen MR) is 102 cm³/mol. The number of nitrogens with zero attached hydrogens (tertiary/aromatic N) is 3. The summed E-state index contributed by atoms with van der Waals surface area (Å²) in [6, 6.07) is 13.9. The summed E-state index contributed by atoms with van der Waals surface area (Å²) >= 11 is 0. The zero-order valence-corrected chi connectivity index (χ0v) is 14.7. The fourth-order valence-corrected chi connectivity index (χ4v) is 2.44. The minimum absolute atomic E-state index is 0.123. The number of benzene rings is 2. The van der Waals surface area contributed by atoms with Gasteiger partial charge >= 0.3 is 0 Å². The number of hydrogen-bond donors (Lipinski definition) is 3. The Bertz CT molecular complexity index is 916. The Balaban J connectivity index is 1.57. The first-order valence-electron chi connectivity index (χ1n) is 8.42. The smallest absolute Gasteiger partial charge is 0.244 e. The fraction of sp³-hybridized carbons (Fsp3) is 0.158. The molecule has 0 bridgehead atoms. The van der Waals surface area contributed by atoms with Crippen molar-refractivity contribution in [2.45, 2.75) is 13.3 Å². The average molecular weight is 366 g/mol. The van der Waals surface area contributed by atoms with Gasteiger partial charge < -0.3 is 16.0 Å². The molecule has 7 nitrogen and oxygen atoms in total. The number of amides is 1. The van der Waals surface area contributed by atoms with Crippen LogP contribution in [0.25, 0.3) is 0 Å². The molecule has 0 saturated carbocycles. The molecule has 1 aromatic heterocycles. The van der Waals surface area contributed by atoms with Gasteiger partial charge in [0.2, 0.25) is 11.9 Å². The number of carbonyl (C=O) groups is 1. The van der Waals surface area contributed by atoms with Gasteiger partial charge in [0.1, 0.15) is 5.82 Å². The predicted octanol–water partition coefficient (Wildman–Crippen LogP) is 3.37. The Morgan fingerprint density at radius 3 is 2.56 bits per heavy atom. The van der Waals surface area contributed by atoms with E-state index in [2.05, 4.69) is 31.1 Å². The minimum atomic E-state index is -0.225. The van der Waals surface area contributed by atoms with Crippen LogP contribution in [0.4, 0.5) is 27.5 Å². The molecule has 0 fully saturated rings. The van der Waals surface area contributed by atoms with E-state index >= 15 is 0 Å². The molecule has 0 radical (unpaired) electrons. The second-order valence-electron chi connectivity index (χ2n) is 5.82. The summed E-state index contributed by atoms with van der Waals surface area (Å²) in [7, 11) is 0. The Kier molecular flexibility index (Phi) is 5.88. The monoisotopic (exact) mass is 366 g/mol. The van der Waals surface area contributed by atoms with Crippen LogP contribution in [0.2, 0.25) is 0 Å². The van der Waals surface area contributed by atoms with E-state index in [1.54, 1.807) is 30.3 Å². The van der Waals surface area contributed by atoms with Gasteiger partial charge in [-0.25, -0.2) is 4.39 Å². The zero-order valence-electron chi connectivity index (χ0n) is 14.7. The molecule has 3 N–H and O–H groups in total. The summed E-state index contributed by atoms with van der Waals surface area (Å²) in [5.74, 6) is 0.523. The maximum absolute atomic E-state index is 13.6. The van der Waals surface area contributed by atoms with E-state index in [1.807, 2.05) is 12.1 Å². The third-order valence-corrected chi connectivity index (χ3v) is 3.67. The molecule has 0 aliphatic carbocycles. The number of hydrogen-bond acceptors (Lipinski definition) is 6. The lowest BCUT2D eigenvalue weighted by Gasteiger charge is -2.09. The van der Waals surface area contributed by atoms with Crippen LogP contribution in [0.3, 0.4) is 0 Å². The highest BCUT2D eigenvalue weighted by atomic mass is 19.1. The van der Waals surface area contributed by atoms with Crippen molar-refractivity contribution >= 4 is 29.0 Å². The summed E-state index contributed by atoms with van der Waals surface area (Å²) in [5, 5.41) is 16.7. The number of nitrogens with one attached hydrogen (secondary N) is 3. The topological polar surface area (TPSA) is 91.8 Å². The lowest BCUT2D eigenvalue weighted by Crippen LogP contribution is -2.10. The second-order valence-corrected chi connectivity index (χ2v) is 5.82. The second kappa shape index (κ2) is 8.70. The van der Waals surface area contributed by atoms with Crippen molar-refractivity contribution in [3.63, 3.8) is 0 Å². The number of aromatic nitrogens is 3. The van der Waals surface area contributed by atoms with E-state index in [9.17, 15) is 9.18 Å². The van der Waals surface area contributed by atoms with E-state index in [0.717, 1.165) is 5.69 Å². The quantitative estimate of drug-likeness (QED) is 0.594. The van der Waals surface area contributed by atoms with Gasteiger partial charge in [0.25, 0.3) is 0 Å². The normalized spacial score (nSPS) is 10.3. The molecule has 0 aliphatic rings. The van der Waals surface area contributed by atoms with Crippen molar-refractivity contribution in [2.24, 2.45) is 0 Å². The Morgan fingerprint density at radius 1 is 1.07 bits per heavy atom. The van der Waals surface area contributed by atoms with Crippen LogP contribution in [0.1, 0.15) is 12.5 Å². The molecule has 1 amide bonds. The first-order valence-corrected chi connectivity index (χ1v) is 8.42. The Hall–Kier alpha value is -3.55. The fourth-order valence-electron chi connectivity index (χ4n) is 2.44. The average Bonchev–Trinajstić information content (AvgIpc) is 2.65. The van der Waals surface area contributed by atoms with Gasteiger partial charge in [-0.2, -0.15) is 10.1 Å². The maximum atomic E-state index is 13.6. The molecule has 3 rings (SSSR count). The van der Waals surface area contributed by atoms with E-state index < -0.39 is 0 Å². The van der Waals surface area contributed by atoms with Crippen molar-refractivity contribution in [2.75, 3.05) is 22.5 Å². The van der Waals surface area contributed by atoms with Gasteiger partial charge in [0.05, 0.1) is 6.20 Å². The van der Waals surface area contributed by atoms with Crippen LogP contribution in [0.15, 0.2) is 54.7 Å². The van der Waals surface area contributed by atoms with Crippen molar-refractivity contribution in [1.29, 1.82) is 0 Å². The Labute approximate surface area is 156 Å². The molecular formula is C19H19FN6O. The highest BCUT2D eigenvalue weighted by molar-refractivity contribution is 5.88. The lowest BCUT2D eigenvalue weighted by molar-refractivity contribution is -0.114. The van der Waals surface area contributed by atoms with Gasteiger partial charge in [0, 0.05) is 24.8 Å². The zero-order chi connectivity index (χ0) is 19.1. The summed E-state index contributed by atoms with van der Waals surface area (Å²) in [5.41, 5.74) is 2.14. The molecule has 0 atom stereocenters. The third kappa shape index (κ3) is 5.46. The molecule has 2 aromatic carbocycles. The van der Waals surface area contributed by atoms with Crippen molar-refractivity contribution in [3.8, 4) is 0 Å². The molecular weight excluding hydrogens is 347 g/mol. The first-order chi connectivity index (χ1) is 13.1. The largest absolute Gasteiger partial charge is 0.353 e. The highest BCUT2D eigenvalue weighted by Crippen LogP contribution is 2.17. The molecule has 3 aromatic rings. The van der Waals surface area contributed by atoms with Gasteiger partial charge in [-0.1, -0.05) is 18.2 Å². The van der Waals surface area contributed by atoms with Gasteiger partial charge in [0.15, 0.2) is 5.82 Å². The van der Waals surface area contributed by atoms with E-state index in [4.69, 9.17) is 0 Å². The van der Waals surface area contributed by atoms with Gasteiger partial charge in [-0.3, -0.25) is 4.79 Å². The van der Waals surface area contributed by atoms with Crippen molar-refractivity contribution < 1.29 is 9.18 Å². The summed E-state index contributed by atoms with van der Waals surface area (Å²) in [4.78, 5) is 15.4. The molecule has 8 heteroatoms. The van der Waals surface area contributed by atoms with Crippen molar-refractivity contribution in [1.82, 2.24) is 15.2 Å². The number of halogens is 1. The van der Waals surface area contributed by atoms with E-state index in [1.165, 1.54) is 19.2 Å². The van der Waals surface area contributed by atoms with Crippen molar-refractivity contribution in [3.05, 3.63) is 66.1 Å². The highest BCUT2D eigenvalue weighted by Gasteiger charge is 2.04. The van der Waals surface area contributed by atoms with E-state index in [0.29, 0.717) is 36.0 Å². The first kappa shape index (κ1) is 18.2. The minimum Gasteiger partial charge on any atom is -0.353 e. The van der Waals surface area contributed by atoms with Gasteiger partial charge in [-0.15, -0.1) is 5.10 Å². The maximum Gasteiger partial charge on any atom is 0.244 e. The molecule has 0 unspecified atom stereocenters. The van der Waals surface area contributed by atoms with Crippen LogP contribution >= 0.6 is 0 Å².